The summed E-state index contributed by atoms with van der Waals surface area (Å²) in [6.07, 6.45) is -0.225. The van der Waals surface area contributed by atoms with Crippen molar-refractivity contribution in [2.24, 2.45) is 5.73 Å². The van der Waals surface area contributed by atoms with Crippen molar-refractivity contribution in [1.29, 1.82) is 0 Å². The summed E-state index contributed by atoms with van der Waals surface area (Å²) in [5, 5.41) is 0. The van der Waals surface area contributed by atoms with Crippen LogP contribution in [0.1, 0.15) is 11.7 Å². The van der Waals surface area contributed by atoms with Gasteiger partial charge < -0.3 is 19.9 Å². The molecule has 0 aromatic heterocycles. The highest BCUT2D eigenvalue weighted by atomic mass is 16.5. The zero-order valence-corrected chi connectivity index (χ0v) is 11.7. The van der Waals surface area contributed by atoms with Gasteiger partial charge >= 0.3 is 0 Å². The number of benzene rings is 2. The fraction of sp³-hybridized carbons (Fsp3) is 0.250. The predicted octanol–water partition coefficient (Wildman–Crippen LogP) is 2.78. The average molecular weight is 273 g/mol. The van der Waals surface area contributed by atoms with Crippen molar-refractivity contribution in [3.05, 3.63) is 54.1 Å². The molecule has 0 aliphatic carbocycles. The Morgan fingerprint density at radius 3 is 2.15 bits per heavy atom. The Labute approximate surface area is 119 Å². The van der Waals surface area contributed by atoms with E-state index in [-0.39, 0.29) is 6.10 Å². The minimum absolute atomic E-state index is 0.225. The van der Waals surface area contributed by atoms with Crippen molar-refractivity contribution in [1.82, 2.24) is 0 Å². The SMILES string of the molecule is COc1cccc(OC(CN)c2cccc(OC)c2)c1. The van der Waals surface area contributed by atoms with Gasteiger partial charge in [-0.05, 0) is 29.8 Å². The monoisotopic (exact) mass is 273 g/mol. The first-order chi connectivity index (χ1) is 9.76. The van der Waals surface area contributed by atoms with Crippen molar-refractivity contribution < 1.29 is 14.2 Å². The molecule has 0 amide bonds. The largest absolute Gasteiger partial charge is 0.497 e. The molecular formula is C16H19NO3. The van der Waals surface area contributed by atoms with Crippen LogP contribution in [0, 0.1) is 0 Å². The Morgan fingerprint density at radius 1 is 0.900 bits per heavy atom. The molecule has 2 aromatic rings. The van der Waals surface area contributed by atoms with Crippen molar-refractivity contribution >= 4 is 0 Å². The third-order valence-electron chi connectivity index (χ3n) is 3.00. The van der Waals surface area contributed by atoms with E-state index in [1.54, 1.807) is 14.2 Å². The second-order valence-corrected chi connectivity index (χ2v) is 4.30. The minimum atomic E-state index is -0.225. The van der Waals surface area contributed by atoms with Crippen LogP contribution in [0.3, 0.4) is 0 Å². The molecule has 1 atom stereocenters. The minimum Gasteiger partial charge on any atom is -0.497 e. The Hall–Kier alpha value is -2.20. The molecule has 0 fully saturated rings. The lowest BCUT2D eigenvalue weighted by Crippen LogP contribution is -2.18. The number of ether oxygens (including phenoxy) is 3. The van der Waals surface area contributed by atoms with Gasteiger partial charge in [0.05, 0.1) is 14.2 Å². The van der Waals surface area contributed by atoms with Gasteiger partial charge in [-0.1, -0.05) is 18.2 Å². The van der Waals surface area contributed by atoms with Gasteiger partial charge in [-0.3, -0.25) is 0 Å². The van der Waals surface area contributed by atoms with Crippen LogP contribution in [0.4, 0.5) is 0 Å². The number of rotatable bonds is 6. The molecule has 4 heteroatoms. The van der Waals surface area contributed by atoms with E-state index in [4.69, 9.17) is 19.9 Å². The highest BCUT2D eigenvalue weighted by molar-refractivity contribution is 5.35. The second kappa shape index (κ2) is 6.82. The Bertz CT molecular complexity index is 557. The molecule has 2 N–H and O–H groups in total. The van der Waals surface area contributed by atoms with Crippen molar-refractivity contribution in [3.63, 3.8) is 0 Å². The van der Waals surface area contributed by atoms with Gasteiger partial charge in [0.2, 0.25) is 0 Å². The molecule has 0 heterocycles. The summed E-state index contributed by atoms with van der Waals surface area (Å²) in [4.78, 5) is 0. The number of methoxy groups -OCH3 is 2. The van der Waals surface area contributed by atoms with Gasteiger partial charge in [0.1, 0.15) is 23.4 Å². The van der Waals surface area contributed by atoms with Crippen LogP contribution >= 0.6 is 0 Å². The van der Waals surface area contributed by atoms with E-state index in [2.05, 4.69) is 0 Å². The quantitative estimate of drug-likeness (QED) is 0.879. The lowest BCUT2D eigenvalue weighted by molar-refractivity contribution is 0.213. The molecule has 0 radical (unpaired) electrons. The number of hydrogen-bond acceptors (Lipinski definition) is 4. The summed E-state index contributed by atoms with van der Waals surface area (Å²) in [5.41, 5.74) is 6.80. The fourth-order valence-electron chi connectivity index (χ4n) is 1.93. The fourth-order valence-corrected chi connectivity index (χ4v) is 1.93. The maximum atomic E-state index is 5.93. The maximum Gasteiger partial charge on any atom is 0.136 e. The third kappa shape index (κ3) is 3.42. The van der Waals surface area contributed by atoms with Crippen molar-refractivity contribution in [2.75, 3.05) is 20.8 Å². The van der Waals surface area contributed by atoms with Crippen LogP contribution < -0.4 is 19.9 Å². The molecule has 0 aliphatic rings. The van der Waals surface area contributed by atoms with Crippen molar-refractivity contribution in [2.45, 2.75) is 6.10 Å². The topological polar surface area (TPSA) is 53.7 Å². The number of hydrogen-bond donors (Lipinski definition) is 1. The Kier molecular flexibility index (Phi) is 4.85. The van der Waals surface area contributed by atoms with Gasteiger partial charge in [0.25, 0.3) is 0 Å². The zero-order valence-electron chi connectivity index (χ0n) is 11.7. The first-order valence-electron chi connectivity index (χ1n) is 6.41. The van der Waals surface area contributed by atoms with E-state index < -0.39 is 0 Å². The van der Waals surface area contributed by atoms with E-state index in [0.29, 0.717) is 6.54 Å². The summed E-state index contributed by atoms with van der Waals surface area (Å²) < 4.78 is 16.3. The lowest BCUT2D eigenvalue weighted by Gasteiger charge is -2.18. The van der Waals surface area contributed by atoms with Gasteiger partial charge in [0, 0.05) is 12.6 Å². The predicted molar refractivity (Wildman–Crippen MR) is 78.4 cm³/mol. The number of nitrogens with two attached hydrogens (primary N) is 1. The van der Waals surface area contributed by atoms with Crippen molar-refractivity contribution in [3.8, 4) is 17.2 Å². The molecule has 0 bridgehead atoms. The smallest absolute Gasteiger partial charge is 0.136 e. The average Bonchev–Trinajstić information content (AvgIpc) is 2.52. The first kappa shape index (κ1) is 14.2. The summed E-state index contributed by atoms with van der Waals surface area (Å²) in [5.74, 6) is 2.27. The van der Waals surface area contributed by atoms with E-state index in [9.17, 15) is 0 Å². The van der Waals surface area contributed by atoms with Gasteiger partial charge in [0.15, 0.2) is 0 Å². The van der Waals surface area contributed by atoms with Crippen LogP contribution in [0.2, 0.25) is 0 Å². The molecule has 0 saturated carbocycles. The molecule has 0 aliphatic heterocycles. The molecule has 4 nitrogen and oxygen atoms in total. The van der Waals surface area contributed by atoms with E-state index in [0.717, 1.165) is 22.8 Å². The molecule has 106 valence electrons. The molecule has 1 unspecified atom stereocenters. The van der Waals surface area contributed by atoms with Crippen LogP contribution in [0.15, 0.2) is 48.5 Å². The van der Waals surface area contributed by atoms with Crippen LogP contribution in [-0.2, 0) is 0 Å². The van der Waals surface area contributed by atoms with E-state index in [1.807, 2.05) is 48.5 Å². The third-order valence-corrected chi connectivity index (χ3v) is 3.00. The molecule has 2 aromatic carbocycles. The molecular weight excluding hydrogens is 254 g/mol. The Balaban J connectivity index is 2.19. The molecule has 20 heavy (non-hydrogen) atoms. The highest BCUT2D eigenvalue weighted by Crippen LogP contribution is 2.26. The zero-order chi connectivity index (χ0) is 14.4. The Morgan fingerprint density at radius 2 is 1.50 bits per heavy atom. The summed E-state index contributed by atoms with van der Waals surface area (Å²) in [6.45, 7) is 0.379. The molecule has 0 saturated heterocycles. The summed E-state index contributed by atoms with van der Waals surface area (Å²) in [7, 11) is 3.26. The maximum absolute atomic E-state index is 5.93. The normalized spacial score (nSPS) is 11.8. The van der Waals surface area contributed by atoms with Gasteiger partial charge in [-0.25, -0.2) is 0 Å². The second-order valence-electron chi connectivity index (χ2n) is 4.30. The molecule has 0 spiro atoms. The van der Waals surface area contributed by atoms with Crippen LogP contribution in [-0.4, -0.2) is 20.8 Å². The summed E-state index contributed by atoms with van der Waals surface area (Å²) in [6, 6.07) is 15.2. The highest BCUT2D eigenvalue weighted by Gasteiger charge is 2.12. The van der Waals surface area contributed by atoms with Crippen LogP contribution in [0.25, 0.3) is 0 Å². The summed E-state index contributed by atoms with van der Waals surface area (Å²) >= 11 is 0. The standard InChI is InChI=1S/C16H19NO3/c1-18-13-6-3-5-12(9-13)16(11-17)20-15-8-4-7-14(10-15)19-2/h3-10,16H,11,17H2,1-2H3. The van der Waals surface area contributed by atoms with Gasteiger partial charge in [-0.15, -0.1) is 0 Å². The molecule has 2 rings (SSSR count). The first-order valence-corrected chi connectivity index (χ1v) is 6.41. The lowest BCUT2D eigenvalue weighted by atomic mass is 10.1. The van der Waals surface area contributed by atoms with Crippen LogP contribution in [0.5, 0.6) is 17.2 Å². The van der Waals surface area contributed by atoms with Gasteiger partial charge in [-0.2, -0.15) is 0 Å². The van der Waals surface area contributed by atoms with E-state index >= 15 is 0 Å². The van der Waals surface area contributed by atoms with E-state index in [1.165, 1.54) is 0 Å².